The van der Waals surface area contributed by atoms with E-state index in [9.17, 15) is 4.79 Å². The van der Waals surface area contributed by atoms with Crippen LogP contribution in [0.3, 0.4) is 0 Å². The van der Waals surface area contributed by atoms with Crippen LogP contribution in [0.15, 0.2) is 29.8 Å². The van der Waals surface area contributed by atoms with Crippen LogP contribution in [0, 0.1) is 0 Å². The minimum absolute atomic E-state index is 0.0161. The molecule has 0 aliphatic carbocycles. The number of amides is 1. The zero-order valence-electron chi connectivity index (χ0n) is 12.3. The highest BCUT2D eigenvalue weighted by atomic mass is 32.1. The van der Waals surface area contributed by atoms with E-state index in [1.54, 1.807) is 23.6 Å². The van der Waals surface area contributed by atoms with Crippen molar-refractivity contribution in [3.63, 3.8) is 0 Å². The van der Waals surface area contributed by atoms with Crippen molar-refractivity contribution >= 4 is 22.9 Å². The molecule has 2 aromatic heterocycles. The second kappa shape index (κ2) is 5.85. The van der Waals surface area contributed by atoms with Gasteiger partial charge in [0, 0.05) is 18.0 Å². The number of aromatic nitrogens is 1. The molecule has 1 atom stereocenters. The third-order valence-corrected chi connectivity index (χ3v) is 4.90. The lowest BCUT2D eigenvalue weighted by molar-refractivity contribution is 0.0673. The first-order chi connectivity index (χ1) is 10.2. The van der Waals surface area contributed by atoms with Gasteiger partial charge in [-0.15, -0.1) is 11.3 Å². The summed E-state index contributed by atoms with van der Waals surface area (Å²) in [4.78, 5) is 20.3. The van der Waals surface area contributed by atoms with Gasteiger partial charge in [-0.3, -0.25) is 4.79 Å². The minimum Gasteiger partial charge on any atom is -0.384 e. The SMILES string of the molecule is CCNc1ccc(C(=O)N2CCc3sccc3C2C)nc1. The number of pyridine rings is 1. The fraction of sp³-hybridized carbons (Fsp3) is 0.375. The highest BCUT2D eigenvalue weighted by Gasteiger charge is 2.29. The fourth-order valence-electron chi connectivity index (χ4n) is 2.76. The molecule has 110 valence electrons. The van der Waals surface area contributed by atoms with Gasteiger partial charge in [0.05, 0.1) is 17.9 Å². The number of thiophene rings is 1. The van der Waals surface area contributed by atoms with E-state index in [1.807, 2.05) is 17.9 Å². The first-order valence-corrected chi connectivity index (χ1v) is 8.16. The summed E-state index contributed by atoms with van der Waals surface area (Å²) in [5.41, 5.74) is 2.74. The number of rotatable bonds is 3. The molecule has 3 rings (SSSR count). The molecule has 2 aromatic rings. The average Bonchev–Trinajstić information content (AvgIpc) is 2.98. The summed E-state index contributed by atoms with van der Waals surface area (Å²) in [6.07, 6.45) is 2.67. The molecule has 1 aliphatic heterocycles. The third-order valence-electron chi connectivity index (χ3n) is 3.90. The zero-order valence-corrected chi connectivity index (χ0v) is 13.1. The van der Waals surface area contributed by atoms with Crippen molar-refractivity contribution in [3.05, 3.63) is 45.9 Å². The van der Waals surface area contributed by atoms with Crippen LogP contribution < -0.4 is 5.32 Å². The van der Waals surface area contributed by atoms with Gasteiger partial charge in [-0.05, 0) is 49.4 Å². The molecule has 3 heterocycles. The first kappa shape index (κ1) is 14.1. The van der Waals surface area contributed by atoms with Crippen molar-refractivity contribution in [1.82, 2.24) is 9.88 Å². The van der Waals surface area contributed by atoms with Gasteiger partial charge in [0.2, 0.25) is 0 Å². The van der Waals surface area contributed by atoms with Crippen LogP contribution in [-0.2, 0) is 6.42 Å². The Balaban J connectivity index is 1.79. The summed E-state index contributed by atoms with van der Waals surface area (Å²) in [6.45, 7) is 5.74. The van der Waals surface area contributed by atoms with Gasteiger partial charge in [0.1, 0.15) is 5.69 Å². The summed E-state index contributed by atoms with van der Waals surface area (Å²) >= 11 is 1.78. The largest absolute Gasteiger partial charge is 0.384 e. The standard InChI is InChI=1S/C16H19N3OS/c1-3-17-12-4-5-14(18-10-12)16(20)19-8-6-15-13(11(19)2)7-9-21-15/h4-5,7,9-11,17H,3,6,8H2,1-2H3. The monoisotopic (exact) mass is 301 g/mol. The predicted octanol–water partition coefficient (Wildman–Crippen LogP) is 3.33. The van der Waals surface area contributed by atoms with Crippen molar-refractivity contribution in [2.75, 3.05) is 18.4 Å². The summed E-state index contributed by atoms with van der Waals surface area (Å²) in [7, 11) is 0. The Morgan fingerprint density at radius 2 is 2.33 bits per heavy atom. The lowest BCUT2D eigenvalue weighted by Gasteiger charge is -2.33. The molecule has 0 radical (unpaired) electrons. The molecule has 0 saturated heterocycles. The lowest BCUT2D eigenvalue weighted by atomic mass is 10.0. The first-order valence-electron chi connectivity index (χ1n) is 7.28. The number of carbonyl (C=O) groups excluding carboxylic acids is 1. The van der Waals surface area contributed by atoms with E-state index >= 15 is 0 Å². The molecule has 0 spiro atoms. The smallest absolute Gasteiger partial charge is 0.272 e. The summed E-state index contributed by atoms with van der Waals surface area (Å²) in [5, 5.41) is 5.30. The van der Waals surface area contributed by atoms with Crippen molar-refractivity contribution < 1.29 is 4.79 Å². The number of nitrogens with zero attached hydrogens (tertiary/aromatic N) is 2. The van der Waals surface area contributed by atoms with Crippen molar-refractivity contribution in [1.29, 1.82) is 0 Å². The van der Waals surface area contributed by atoms with E-state index in [-0.39, 0.29) is 11.9 Å². The molecule has 21 heavy (non-hydrogen) atoms. The Labute approximate surface area is 128 Å². The van der Waals surface area contributed by atoms with Crippen LogP contribution in [0.2, 0.25) is 0 Å². The maximum absolute atomic E-state index is 12.7. The quantitative estimate of drug-likeness (QED) is 0.945. The van der Waals surface area contributed by atoms with Gasteiger partial charge >= 0.3 is 0 Å². The highest BCUT2D eigenvalue weighted by Crippen LogP contribution is 2.33. The van der Waals surface area contributed by atoms with Crippen LogP contribution in [0.5, 0.6) is 0 Å². The Morgan fingerprint density at radius 1 is 1.48 bits per heavy atom. The zero-order chi connectivity index (χ0) is 14.8. The van der Waals surface area contributed by atoms with Gasteiger partial charge in [-0.25, -0.2) is 4.98 Å². The van der Waals surface area contributed by atoms with E-state index in [2.05, 4.69) is 28.7 Å². The Bertz CT molecular complexity index is 635. The molecule has 1 aliphatic rings. The van der Waals surface area contributed by atoms with E-state index in [0.717, 1.165) is 25.2 Å². The van der Waals surface area contributed by atoms with E-state index < -0.39 is 0 Å². The summed E-state index contributed by atoms with van der Waals surface area (Å²) in [5.74, 6) is 0.0161. The Hall–Kier alpha value is -1.88. The van der Waals surface area contributed by atoms with E-state index in [1.165, 1.54) is 10.4 Å². The second-order valence-corrected chi connectivity index (χ2v) is 6.19. The van der Waals surface area contributed by atoms with Crippen LogP contribution in [0.25, 0.3) is 0 Å². The van der Waals surface area contributed by atoms with Crippen molar-refractivity contribution in [2.45, 2.75) is 26.3 Å². The number of nitrogens with one attached hydrogen (secondary N) is 1. The van der Waals surface area contributed by atoms with Crippen molar-refractivity contribution in [2.24, 2.45) is 0 Å². The fourth-order valence-corrected chi connectivity index (χ4v) is 3.73. The highest BCUT2D eigenvalue weighted by molar-refractivity contribution is 7.10. The third kappa shape index (κ3) is 2.65. The molecule has 0 saturated carbocycles. The predicted molar refractivity (Wildman–Crippen MR) is 85.9 cm³/mol. The Morgan fingerprint density at radius 3 is 3.05 bits per heavy atom. The number of fused-ring (bicyclic) bond motifs is 1. The molecule has 4 nitrogen and oxygen atoms in total. The minimum atomic E-state index is 0.0161. The topological polar surface area (TPSA) is 45.2 Å². The molecule has 0 aromatic carbocycles. The number of anilines is 1. The molecule has 1 N–H and O–H groups in total. The maximum atomic E-state index is 12.7. The molecule has 0 bridgehead atoms. The molecular weight excluding hydrogens is 282 g/mol. The van der Waals surface area contributed by atoms with E-state index in [4.69, 9.17) is 0 Å². The van der Waals surface area contributed by atoms with Crippen LogP contribution in [0.1, 0.15) is 40.8 Å². The van der Waals surface area contributed by atoms with Gasteiger partial charge in [-0.1, -0.05) is 0 Å². The molecule has 1 amide bonds. The van der Waals surface area contributed by atoms with Crippen LogP contribution >= 0.6 is 11.3 Å². The molecular formula is C16H19N3OS. The van der Waals surface area contributed by atoms with Crippen LogP contribution in [-0.4, -0.2) is 28.9 Å². The van der Waals surface area contributed by atoms with Gasteiger partial charge in [0.25, 0.3) is 5.91 Å². The molecule has 5 heteroatoms. The summed E-state index contributed by atoms with van der Waals surface area (Å²) < 4.78 is 0. The molecule has 1 unspecified atom stereocenters. The van der Waals surface area contributed by atoms with Crippen molar-refractivity contribution in [3.8, 4) is 0 Å². The lowest BCUT2D eigenvalue weighted by Crippen LogP contribution is -2.38. The maximum Gasteiger partial charge on any atom is 0.272 e. The molecule has 0 fully saturated rings. The normalized spacial score (nSPS) is 17.4. The van der Waals surface area contributed by atoms with Gasteiger partial charge in [-0.2, -0.15) is 0 Å². The second-order valence-electron chi connectivity index (χ2n) is 5.19. The average molecular weight is 301 g/mol. The number of carbonyl (C=O) groups is 1. The van der Waals surface area contributed by atoms with E-state index in [0.29, 0.717) is 5.69 Å². The van der Waals surface area contributed by atoms with Gasteiger partial charge in [0.15, 0.2) is 0 Å². The van der Waals surface area contributed by atoms with Gasteiger partial charge < -0.3 is 10.2 Å². The Kier molecular flexibility index (Phi) is 3.92. The number of hydrogen-bond donors (Lipinski definition) is 1. The number of hydrogen-bond acceptors (Lipinski definition) is 4. The summed E-state index contributed by atoms with van der Waals surface area (Å²) in [6, 6.07) is 5.97. The van der Waals surface area contributed by atoms with Crippen LogP contribution in [0.4, 0.5) is 5.69 Å².